The van der Waals surface area contributed by atoms with Crippen molar-refractivity contribution in [2.24, 2.45) is 0 Å². The number of para-hydroxylation sites is 2. The Hall–Kier alpha value is -5.29. The molecule has 0 saturated carbocycles. The van der Waals surface area contributed by atoms with Gasteiger partial charge in [0.05, 0.1) is 22.2 Å². The first-order valence-corrected chi connectivity index (χ1v) is 12.6. The van der Waals surface area contributed by atoms with E-state index in [0.29, 0.717) is 11.8 Å². The second-order valence-corrected chi connectivity index (χ2v) is 9.33. The molecule has 178 valence electrons. The average molecular weight is 489 g/mol. The third kappa shape index (κ3) is 3.15. The lowest BCUT2D eigenvalue weighted by molar-refractivity contribution is 0.620. The Labute approximate surface area is 217 Å². The van der Waals surface area contributed by atoms with Crippen LogP contribution in [-0.4, -0.2) is 19.5 Å². The summed E-state index contributed by atoms with van der Waals surface area (Å²) in [4.78, 5) is 15.0. The molecule has 0 N–H and O–H groups in total. The van der Waals surface area contributed by atoms with Crippen molar-refractivity contribution in [2.75, 3.05) is 0 Å². The van der Waals surface area contributed by atoms with Crippen molar-refractivity contribution in [1.82, 2.24) is 19.5 Å². The summed E-state index contributed by atoms with van der Waals surface area (Å²) in [5, 5.41) is 3.21. The predicted molar refractivity (Wildman–Crippen MR) is 152 cm³/mol. The van der Waals surface area contributed by atoms with Crippen LogP contribution >= 0.6 is 0 Å². The van der Waals surface area contributed by atoms with Gasteiger partial charge in [-0.3, -0.25) is 4.57 Å². The normalized spacial score (nSPS) is 11.7. The van der Waals surface area contributed by atoms with Crippen molar-refractivity contribution in [3.63, 3.8) is 0 Å². The molecule has 0 atom stereocenters. The van der Waals surface area contributed by atoms with Gasteiger partial charge in [-0.05, 0) is 36.4 Å². The highest BCUT2D eigenvalue weighted by molar-refractivity contribution is 6.12. The fraction of sp³-hybridized carbons (Fsp3) is 0. The van der Waals surface area contributed by atoms with Gasteiger partial charge in [-0.1, -0.05) is 84.9 Å². The zero-order valence-electron chi connectivity index (χ0n) is 20.2. The molecule has 8 aromatic rings. The molecule has 0 aliphatic heterocycles. The lowest BCUT2D eigenvalue weighted by Crippen LogP contribution is -2.03. The number of oxazole rings is 1. The molecule has 0 aliphatic rings. The first-order valence-electron chi connectivity index (χ1n) is 12.6. The van der Waals surface area contributed by atoms with Gasteiger partial charge in [-0.25, -0.2) is 15.0 Å². The molecule has 0 spiro atoms. The second-order valence-electron chi connectivity index (χ2n) is 9.33. The Morgan fingerprint density at radius 3 is 2.00 bits per heavy atom. The van der Waals surface area contributed by atoms with Gasteiger partial charge in [-0.15, -0.1) is 0 Å². The fourth-order valence-electron chi connectivity index (χ4n) is 5.29. The minimum Gasteiger partial charge on any atom is -0.436 e. The summed E-state index contributed by atoms with van der Waals surface area (Å²) >= 11 is 0. The highest BCUT2D eigenvalue weighted by Gasteiger charge is 2.19. The maximum atomic E-state index is 6.21. The largest absolute Gasteiger partial charge is 0.436 e. The third-order valence-electron chi connectivity index (χ3n) is 7.04. The molecular formula is C33H20N4O. The van der Waals surface area contributed by atoms with Crippen LogP contribution in [0.1, 0.15) is 0 Å². The van der Waals surface area contributed by atoms with Gasteiger partial charge >= 0.3 is 0 Å². The number of hydrogen-bond donors (Lipinski definition) is 0. The van der Waals surface area contributed by atoms with Crippen LogP contribution in [0, 0.1) is 0 Å². The van der Waals surface area contributed by atoms with Crippen LogP contribution in [0.4, 0.5) is 0 Å². The minimum absolute atomic E-state index is 0.609. The zero-order chi connectivity index (χ0) is 25.1. The van der Waals surface area contributed by atoms with E-state index in [1.54, 1.807) is 0 Å². The van der Waals surface area contributed by atoms with Gasteiger partial charge in [0.1, 0.15) is 5.52 Å². The van der Waals surface area contributed by atoms with Crippen molar-refractivity contribution < 1.29 is 4.42 Å². The Balaban J connectivity index is 1.44. The van der Waals surface area contributed by atoms with Gasteiger partial charge in [0.25, 0.3) is 0 Å². The van der Waals surface area contributed by atoms with Crippen molar-refractivity contribution in [2.45, 2.75) is 0 Å². The molecule has 5 heteroatoms. The molecule has 0 aliphatic carbocycles. The minimum atomic E-state index is 0.609. The molecule has 3 aromatic heterocycles. The van der Waals surface area contributed by atoms with Crippen LogP contribution in [0.2, 0.25) is 0 Å². The Bertz CT molecular complexity index is 2130. The summed E-state index contributed by atoms with van der Waals surface area (Å²) in [6, 6.07) is 41.0. The molecule has 0 unspecified atom stereocenters. The van der Waals surface area contributed by atoms with E-state index in [-0.39, 0.29) is 0 Å². The molecule has 5 nitrogen and oxygen atoms in total. The van der Waals surface area contributed by atoms with E-state index in [1.807, 2.05) is 72.8 Å². The van der Waals surface area contributed by atoms with E-state index in [4.69, 9.17) is 19.4 Å². The first-order chi connectivity index (χ1) is 18.8. The van der Waals surface area contributed by atoms with Crippen LogP contribution in [0.5, 0.6) is 0 Å². The first kappa shape index (κ1) is 20.9. The lowest BCUT2D eigenvalue weighted by atomic mass is 10.1. The number of rotatable bonds is 3. The maximum Gasteiger partial charge on any atom is 0.235 e. The summed E-state index contributed by atoms with van der Waals surface area (Å²) in [5.74, 6) is 1.23. The number of aromatic nitrogens is 4. The topological polar surface area (TPSA) is 56.7 Å². The van der Waals surface area contributed by atoms with E-state index in [0.717, 1.165) is 60.6 Å². The summed E-state index contributed by atoms with van der Waals surface area (Å²) in [6.07, 6.45) is 0. The number of nitrogens with zero attached hydrogens (tertiary/aromatic N) is 4. The van der Waals surface area contributed by atoms with E-state index >= 15 is 0 Å². The molecule has 3 heterocycles. The van der Waals surface area contributed by atoms with Crippen molar-refractivity contribution in [3.05, 3.63) is 121 Å². The van der Waals surface area contributed by atoms with Crippen LogP contribution in [-0.2, 0) is 0 Å². The molecular weight excluding hydrogens is 468 g/mol. The van der Waals surface area contributed by atoms with Gasteiger partial charge in [0.2, 0.25) is 11.8 Å². The highest BCUT2D eigenvalue weighted by atomic mass is 16.3. The number of fused-ring (bicyclic) bond motifs is 5. The summed E-state index contributed by atoms with van der Waals surface area (Å²) in [5.41, 5.74) is 7.38. The summed E-state index contributed by atoms with van der Waals surface area (Å²) in [7, 11) is 0. The van der Waals surface area contributed by atoms with Gasteiger partial charge in [0.15, 0.2) is 5.58 Å². The fourth-order valence-corrected chi connectivity index (χ4v) is 5.29. The molecule has 38 heavy (non-hydrogen) atoms. The van der Waals surface area contributed by atoms with Crippen LogP contribution in [0.3, 0.4) is 0 Å². The molecule has 0 radical (unpaired) electrons. The van der Waals surface area contributed by atoms with Crippen LogP contribution in [0.25, 0.3) is 72.5 Å². The van der Waals surface area contributed by atoms with Crippen LogP contribution in [0.15, 0.2) is 126 Å². The van der Waals surface area contributed by atoms with Crippen molar-refractivity contribution >= 4 is 43.8 Å². The second kappa shape index (κ2) is 8.11. The average Bonchev–Trinajstić information content (AvgIpc) is 3.55. The molecule has 0 bridgehead atoms. The summed E-state index contributed by atoms with van der Waals surface area (Å²) in [6.45, 7) is 0. The molecule has 0 fully saturated rings. The van der Waals surface area contributed by atoms with Gasteiger partial charge in [-0.2, -0.15) is 0 Å². The van der Waals surface area contributed by atoms with Gasteiger partial charge < -0.3 is 4.42 Å². The number of hydrogen-bond acceptors (Lipinski definition) is 4. The summed E-state index contributed by atoms with van der Waals surface area (Å²) < 4.78 is 8.35. The predicted octanol–water partition coefficient (Wildman–Crippen LogP) is 8.20. The Morgan fingerprint density at radius 1 is 0.500 bits per heavy atom. The monoisotopic (exact) mass is 488 g/mol. The van der Waals surface area contributed by atoms with Crippen LogP contribution < -0.4 is 0 Å². The quantitative estimate of drug-likeness (QED) is 0.251. The smallest absolute Gasteiger partial charge is 0.235 e. The van der Waals surface area contributed by atoms with Crippen molar-refractivity contribution in [3.8, 4) is 28.7 Å². The lowest BCUT2D eigenvalue weighted by Gasteiger charge is -2.11. The highest BCUT2D eigenvalue weighted by Crippen LogP contribution is 2.36. The molecule has 0 saturated heterocycles. The number of benzene rings is 5. The molecule has 0 amide bonds. The zero-order valence-corrected chi connectivity index (χ0v) is 20.2. The van der Waals surface area contributed by atoms with E-state index < -0.39 is 0 Å². The maximum absolute atomic E-state index is 6.21. The Kier molecular flexibility index (Phi) is 4.45. The van der Waals surface area contributed by atoms with E-state index in [9.17, 15) is 0 Å². The Morgan fingerprint density at radius 2 is 1.18 bits per heavy atom. The third-order valence-corrected chi connectivity index (χ3v) is 7.04. The SMILES string of the molecule is c1ccc(-c2nc3cc4c(cc3o2)c2ccccc2n4-c2nc(-c3ccccc3)c3ccccc3n2)cc1. The standard InChI is InChI=1S/C33H20N4O/c1-3-11-21(12-4-1)31-24-16-7-9-17-26(24)35-33(36-31)37-28-18-10-8-15-23(28)25-19-30-27(20-29(25)37)34-32(38-30)22-13-5-2-6-14-22/h1-20H. The van der Waals surface area contributed by atoms with E-state index in [2.05, 4.69) is 53.1 Å². The molecule has 8 rings (SSSR count). The van der Waals surface area contributed by atoms with Gasteiger partial charge in [0, 0.05) is 27.3 Å². The van der Waals surface area contributed by atoms with E-state index in [1.165, 1.54) is 0 Å². The van der Waals surface area contributed by atoms with Crippen molar-refractivity contribution in [1.29, 1.82) is 0 Å². The molecule has 5 aromatic carbocycles.